The molecular formula is C28H23ClN7O3-. The second-order valence-electron chi connectivity index (χ2n) is 7.94. The Kier molecular flexibility index (Phi) is 8.73. The maximum atomic E-state index is 10.2. The first-order valence-electron chi connectivity index (χ1n) is 11.6. The number of fused-ring (bicyclic) bond motifs is 3. The number of nitrogens with one attached hydrogen (secondary N) is 2. The molecule has 196 valence electrons. The number of carbonyl (C=O) groups is 1. The lowest BCUT2D eigenvalue weighted by atomic mass is 10.2. The predicted molar refractivity (Wildman–Crippen MR) is 148 cm³/mol. The molecule has 39 heavy (non-hydrogen) atoms. The van der Waals surface area contributed by atoms with Crippen LogP contribution in [0.1, 0.15) is 10.4 Å². The number of carboxylic acid groups (broad SMARTS) is 1. The third-order valence-electron chi connectivity index (χ3n) is 5.24. The molecule has 6 heterocycles. The number of nitrogen functional groups attached to an aromatic ring is 1. The minimum Gasteiger partial charge on any atom is -0.545 e. The molecular weight excluding hydrogens is 518 g/mol. The van der Waals surface area contributed by atoms with Crippen molar-refractivity contribution in [3.05, 3.63) is 120 Å². The highest BCUT2D eigenvalue weighted by atomic mass is 35.5. The van der Waals surface area contributed by atoms with Gasteiger partial charge in [0.25, 0.3) is 0 Å². The van der Waals surface area contributed by atoms with Gasteiger partial charge in [0.1, 0.15) is 17.1 Å². The normalized spacial score (nSPS) is 10.1. The van der Waals surface area contributed by atoms with Crippen molar-refractivity contribution in [3.63, 3.8) is 0 Å². The first-order valence-corrected chi connectivity index (χ1v) is 11.9. The zero-order valence-electron chi connectivity index (χ0n) is 20.4. The van der Waals surface area contributed by atoms with E-state index in [0.29, 0.717) is 16.7 Å². The monoisotopic (exact) mass is 540 g/mol. The van der Waals surface area contributed by atoms with Crippen LogP contribution < -0.4 is 10.8 Å². The number of hydrogen-bond donors (Lipinski definition) is 4. The van der Waals surface area contributed by atoms with E-state index in [1.807, 2.05) is 54.9 Å². The number of pyridine rings is 3. The van der Waals surface area contributed by atoms with E-state index in [9.17, 15) is 9.90 Å². The second-order valence-corrected chi connectivity index (χ2v) is 8.38. The Labute approximate surface area is 227 Å². The number of hydrogen-bond acceptors (Lipinski definition) is 7. The van der Waals surface area contributed by atoms with Crippen molar-refractivity contribution in [1.82, 2.24) is 29.7 Å². The Bertz CT molecular complexity index is 1730. The summed E-state index contributed by atoms with van der Waals surface area (Å²) in [6, 6.07) is 23.1. The molecule has 0 saturated carbocycles. The summed E-state index contributed by atoms with van der Waals surface area (Å²) in [5.41, 5.74) is 8.31. The van der Waals surface area contributed by atoms with E-state index in [2.05, 4.69) is 24.9 Å². The fourth-order valence-electron chi connectivity index (χ4n) is 3.40. The minimum absolute atomic E-state index is 0.104. The maximum Gasteiger partial charge on any atom is 0.175 e. The highest BCUT2D eigenvalue weighted by Gasteiger charge is 2.04. The maximum absolute atomic E-state index is 10.2. The number of aromatic amines is 2. The van der Waals surface area contributed by atoms with E-state index in [-0.39, 0.29) is 5.56 Å². The van der Waals surface area contributed by atoms with Crippen LogP contribution in [0, 0.1) is 0 Å². The van der Waals surface area contributed by atoms with Gasteiger partial charge in [-0.1, -0.05) is 23.7 Å². The van der Waals surface area contributed by atoms with Gasteiger partial charge in [0.15, 0.2) is 5.82 Å². The van der Waals surface area contributed by atoms with Crippen LogP contribution in [0.5, 0.6) is 0 Å². The van der Waals surface area contributed by atoms with Crippen LogP contribution in [0.4, 0.5) is 5.82 Å². The number of H-pyrrole nitrogens is 2. The molecule has 0 saturated heterocycles. The third-order valence-corrected chi connectivity index (χ3v) is 5.48. The van der Waals surface area contributed by atoms with E-state index >= 15 is 0 Å². The zero-order valence-corrected chi connectivity index (χ0v) is 21.2. The van der Waals surface area contributed by atoms with Gasteiger partial charge in [-0.05, 0) is 72.3 Å². The lowest BCUT2D eigenvalue weighted by molar-refractivity contribution is -0.255. The Morgan fingerprint density at radius 2 is 1.64 bits per heavy atom. The number of aromatic carboxylic acids is 1. The molecule has 5 N–H and O–H groups in total. The summed E-state index contributed by atoms with van der Waals surface area (Å²) < 4.78 is 1.01. The smallest absolute Gasteiger partial charge is 0.175 e. The highest BCUT2D eigenvalue weighted by molar-refractivity contribution is 6.30. The van der Waals surface area contributed by atoms with E-state index in [1.54, 1.807) is 42.9 Å². The van der Waals surface area contributed by atoms with Crippen molar-refractivity contribution in [3.8, 4) is 11.4 Å². The van der Waals surface area contributed by atoms with E-state index in [0.717, 1.165) is 32.4 Å². The molecule has 0 bridgehead atoms. The highest BCUT2D eigenvalue weighted by Crippen LogP contribution is 2.17. The summed E-state index contributed by atoms with van der Waals surface area (Å²) >= 11 is 5.50. The molecule has 0 spiro atoms. The molecule has 0 radical (unpaired) electrons. The Morgan fingerprint density at radius 1 is 0.872 bits per heavy atom. The van der Waals surface area contributed by atoms with E-state index in [4.69, 9.17) is 22.5 Å². The quantitative estimate of drug-likeness (QED) is 0.220. The number of rotatable bonds is 1. The minimum atomic E-state index is -1.21. The molecule has 0 atom stereocenters. The van der Waals surface area contributed by atoms with E-state index in [1.165, 1.54) is 12.1 Å². The number of halogens is 1. The molecule has 5 aromatic rings. The average molecular weight is 541 g/mol. The summed E-state index contributed by atoms with van der Waals surface area (Å²) in [6.45, 7) is 0. The standard InChI is InChI=1S/C7H5ClO2.C7H7N3.C7H6N2O.C7H6N2/c8-6-3-1-2-5(4-6)7(9)10;8-6-2-1-5-3-4-9-7(5)10-6;10-9-5-1-2-6-3-4-8-7(6)9;1-2-6-3-5-9-7(6)8-4-1/h1-4H,(H,9,10);1-4H,(H3,8,9,10);1-5,10H;1-5H,(H,8,9)/p-1. The van der Waals surface area contributed by atoms with Crippen LogP contribution >= 0.6 is 11.6 Å². The zero-order chi connectivity index (χ0) is 27.6. The summed E-state index contributed by atoms with van der Waals surface area (Å²) in [5.74, 6) is -0.0556. The molecule has 2 aliphatic heterocycles. The van der Waals surface area contributed by atoms with Crippen molar-refractivity contribution < 1.29 is 15.1 Å². The van der Waals surface area contributed by atoms with Gasteiger partial charge < -0.3 is 30.8 Å². The lowest BCUT2D eigenvalue weighted by Gasteiger charge is -2.00. The number of nitrogens with two attached hydrogens (primary N) is 1. The summed E-state index contributed by atoms with van der Waals surface area (Å²) in [4.78, 5) is 28.2. The Morgan fingerprint density at radius 3 is 2.33 bits per heavy atom. The van der Waals surface area contributed by atoms with Gasteiger partial charge in [-0.15, -0.1) is 0 Å². The number of benzene rings is 1. The van der Waals surface area contributed by atoms with Crippen LogP contribution in [0.15, 0.2) is 110 Å². The van der Waals surface area contributed by atoms with Gasteiger partial charge in [0.05, 0.1) is 5.97 Å². The largest absolute Gasteiger partial charge is 0.545 e. The van der Waals surface area contributed by atoms with Gasteiger partial charge in [-0.3, -0.25) is 0 Å². The van der Waals surface area contributed by atoms with Gasteiger partial charge in [0, 0.05) is 52.3 Å². The average Bonchev–Trinajstić information content (AvgIpc) is 3.70. The molecule has 0 aliphatic carbocycles. The Balaban J connectivity index is 0.000000121. The number of nitrogens with zero attached hydrogens (tertiary/aromatic N) is 4. The van der Waals surface area contributed by atoms with Crippen LogP contribution in [0.25, 0.3) is 33.5 Å². The first-order chi connectivity index (χ1) is 18.9. The van der Waals surface area contributed by atoms with Crippen molar-refractivity contribution in [2.45, 2.75) is 0 Å². The second kappa shape index (κ2) is 12.7. The first kappa shape index (κ1) is 26.7. The third kappa shape index (κ3) is 7.34. The van der Waals surface area contributed by atoms with Crippen molar-refractivity contribution in [2.24, 2.45) is 0 Å². The molecule has 10 nitrogen and oxygen atoms in total. The lowest BCUT2D eigenvalue weighted by Crippen LogP contribution is -2.21. The van der Waals surface area contributed by atoms with Crippen molar-refractivity contribution in [2.75, 3.05) is 5.73 Å². The van der Waals surface area contributed by atoms with Gasteiger partial charge in [0.2, 0.25) is 0 Å². The molecule has 7 rings (SSSR count). The molecule has 0 fully saturated rings. The summed E-state index contributed by atoms with van der Waals surface area (Å²) in [5, 5.41) is 22.0. The number of carboxylic acids is 1. The van der Waals surface area contributed by atoms with Gasteiger partial charge >= 0.3 is 0 Å². The van der Waals surface area contributed by atoms with E-state index < -0.39 is 5.97 Å². The topological polar surface area (TPSA) is 162 Å². The molecule has 4 aromatic heterocycles. The molecule has 0 unspecified atom stereocenters. The van der Waals surface area contributed by atoms with Crippen LogP contribution in [-0.2, 0) is 0 Å². The predicted octanol–water partition coefficient (Wildman–Crippen LogP) is 4.64. The number of carbonyl (C=O) groups excluding carboxylic acids is 1. The SMILES string of the molecule is Nc1ccc2cc[nH]c2n1.O=C([O-])c1cccc(Cl)c1.On1cccc2ccnc1-2.c1cnc2[nH]ccc2c1. The molecule has 11 heteroatoms. The van der Waals surface area contributed by atoms with Crippen LogP contribution in [0.2, 0.25) is 5.02 Å². The van der Waals surface area contributed by atoms with Crippen LogP contribution in [0.3, 0.4) is 0 Å². The van der Waals surface area contributed by atoms with Gasteiger partial charge in [-0.2, -0.15) is 4.73 Å². The number of anilines is 1. The molecule has 2 aliphatic rings. The fraction of sp³-hybridized carbons (Fsp3) is 0. The summed E-state index contributed by atoms with van der Waals surface area (Å²) in [7, 11) is 0. The molecule has 1 aromatic carbocycles. The fourth-order valence-corrected chi connectivity index (χ4v) is 3.59. The molecule has 0 amide bonds. The van der Waals surface area contributed by atoms with Crippen LogP contribution in [-0.4, -0.2) is 40.8 Å². The van der Waals surface area contributed by atoms with Crippen molar-refractivity contribution >= 4 is 45.5 Å². The summed E-state index contributed by atoms with van der Waals surface area (Å²) in [6.07, 6.45) is 8.72. The van der Waals surface area contributed by atoms with Crippen molar-refractivity contribution in [1.29, 1.82) is 0 Å². The van der Waals surface area contributed by atoms with Gasteiger partial charge in [-0.25, -0.2) is 15.0 Å². The number of aromatic nitrogens is 6. The Hall–Kier alpha value is -5.35.